The molecule has 22 heavy (non-hydrogen) atoms. The van der Waals surface area contributed by atoms with Crippen LogP contribution in [0.15, 0.2) is 5.16 Å². The van der Waals surface area contributed by atoms with Gasteiger partial charge >= 0.3 is 0 Å². The monoisotopic (exact) mass is 305 g/mol. The van der Waals surface area contributed by atoms with Crippen LogP contribution in [0.4, 0.5) is 0 Å². The maximum atomic E-state index is 10.1. The van der Waals surface area contributed by atoms with Crippen molar-refractivity contribution in [3.05, 3.63) is 0 Å². The summed E-state index contributed by atoms with van der Waals surface area (Å²) < 4.78 is 0. The molecule has 0 unspecified atom stereocenters. The molecule has 4 aliphatic rings. The van der Waals surface area contributed by atoms with E-state index in [1.807, 2.05) is 0 Å². The number of aliphatic hydroxyl groups is 1. The van der Waals surface area contributed by atoms with Crippen LogP contribution in [0.1, 0.15) is 71.6 Å². The second kappa shape index (κ2) is 4.96. The van der Waals surface area contributed by atoms with Crippen molar-refractivity contribution in [2.75, 3.05) is 0 Å². The third-order valence-corrected chi connectivity index (χ3v) is 8.50. The first-order chi connectivity index (χ1) is 10.5. The van der Waals surface area contributed by atoms with Crippen molar-refractivity contribution in [3.63, 3.8) is 0 Å². The molecule has 3 heteroatoms. The number of oxime groups is 1. The fraction of sp³-hybridized carbons (Fsp3) is 0.947. The van der Waals surface area contributed by atoms with Crippen LogP contribution in [0.2, 0.25) is 0 Å². The Kier molecular flexibility index (Phi) is 3.38. The zero-order valence-corrected chi connectivity index (χ0v) is 14.1. The smallest absolute Gasteiger partial charge is 0.0632 e. The molecule has 0 aromatic rings. The van der Waals surface area contributed by atoms with Gasteiger partial charge in [-0.3, -0.25) is 0 Å². The van der Waals surface area contributed by atoms with Crippen molar-refractivity contribution in [2.24, 2.45) is 39.7 Å². The van der Waals surface area contributed by atoms with Crippen LogP contribution in [-0.2, 0) is 0 Å². The standard InChI is InChI=1S/C19H31NO2/c1-18-9-7-13(21)11-12(18)3-4-14-15-5-6-17(20-22)19(15,2)10-8-16(14)18/h12-16,21-22H,3-11H2,1-2H3/b20-17+/t12-,13+,14+,15-,16+,18-,19-/m0/s1. The van der Waals surface area contributed by atoms with Gasteiger partial charge in [-0.15, -0.1) is 0 Å². The van der Waals surface area contributed by atoms with Gasteiger partial charge in [0.25, 0.3) is 0 Å². The van der Waals surface area contributed by atoms with Crippen LogP contribution in [0.5, 0.6) is 0 Å². The van der Waals surface area contributed by atoms with Crippen molar-refractivity contribution in [1.82, 2.24) is 0 Å². The number of fused-ring (bicyclic) bond motifs is 5. The Hall–Kier alpha value is -0.570. The normalized spacial score (nSPS) is 56.3. The van der Waals surface area contributed by atoms with Gasteiger partial charge in [0.1, 0.15) is 0 Å². The molecule has 0 aliphatic heterocycles. The van der Waals surface area contributed by atoms with E-state index in [0.29, 0.717) is 5.41 Å². The molecular formula is C19H31NO2. The van der Waals surface area contributed by atoms with E-state index < -0.39 is 0 Å². The van der Waals surface area contributed by atoms with Gasteiger partial charge in [0.05, 0.1) is 11.8 Å². The number of nitrogens with zero attached hydrogens (tertiary/aromatic N) is 1. The maximum Gasteiger partial charge on any atom is 0.0632 e. The van der Waals surface area contributed by atoms with Gasteiger partial charge in [0.2, 0.25) is 0 Å². The largest absolute Gasteiger partial charge is 0.411 e. The molecule has 4 saturated carbocycles. The van der Waals surface area contributed by atoms with Gasteiger partial charge < -0.3 is 10.3 Å². The van der Waals surface area contributed by atoms with Gasteiger partial charge in [-0.2, -0.15) is 0 Å². The average Bonchev–Trinajstić information content (AvgIpc) is 2.84. The van der Waals surface area contributed by atoms with Crippen molar-refractivity contribution in [2.45, 2.75) is 77.7 Å². The van der Waals surface area contributed by atoms with E-state index in [4.69, 9.17) is 0 Å². The predicted molar refractivity (Wildman–Crippen MR) is 87.0 cm³/mol. The Morgan fingerprint density at radius 3 is 2.59 bits per heavy atom. The van der Waals surface area contributed by atoms with Crippen LogP contribution in [0.3, 0.4) is 0 Å². The quantitative estimate of drug-likeness (QED) is 0.520. The van der Waals surface area contributed by atoms with E-state index in [1.54, 1.807) is 0 Å². The molecule has 0 saturated heterocycles. The molecule has 3 nitrogen and oxygen atoms in total. The van der Waals surface area contributed by atoms with Gasteiger partial charge in [-0.05, 0) is 86.9 Å². The lowest BCUT2D eigenvalue weighted by molar-refractivity contribution is -0.114. The van der Waals surface area contributed by atoms with Crippen LogP contribution in [-0.4, -0.2) is 22.1 Å². The Labute approximate surface area is 134 Å². The summed E-state index contributed by atoms with van der Waals surface area (Å²) in [5, 5.41) is 23.1. The first-order valence-electron chi connectivity index (χ1n) is 9.38. The van der Waals surface area contributed by atoms with E-state index in [-0.39, 0.29) is 11.5 Å². The lowest BCUT2D eigenvalue weighted by atomic mass is 9.45. The molecule has 4 aliphatic carbocycles. The Morgan fingerprint density at radius 2 is 1.82 bits per heavy atom. The SMILES string of the molecule is C[C@]12CC[C@@H](O)C[C@@H]1CC[C@H]1[C@H]2CC[C@]2(C)/C(=N/O)CC[C@@H]12. The van der Waals surface area contributed by atoms with Crippen LogP contribution in [0, 0.1) is 34.5 Å². The summed E-state index contributed by atoms with van der Waals surface area (Å²) in [5.74, 6) is 3.10. The molecule has 4 fully saturated rings. The lowest BCUT2D eigenvalue weighted by Gasteiger charge is -2.60. The van der Waals surface area contributed by atoms with Crippen molar-refractivity contribution in [1.29, 1.82) is 0 Å². The maximum absolute atomic E-state index is 10.1. The highest BCUT2D eigenvalue weighted by Gasteiger charge is 2.59. The number of aliphatic hydroxyl groups excluding tert-OH is 1. The van der Waals surface area contributed by atoms with E-state index >= 15 is 0 Å². The van der Waals surface area contributed by atoms with Crippen LogP contribution >= 0.6 is 0 Å². The number of hydrogen-bond acceptors (Lipinski definition) is 3. The number of rotatable bonds is 0. The van der Waals surface area contributed by atoms with E-state index in [0.717, 1.165) is 48.6 Å². The van der Waals surface area contributed by atoms with E-state index in [9.17, 15) is 10.3 Å². The molecular weight excluding hydrogens is 274 g/mol. The van der Waals surface area contributed by atoms with E-state index in [1.165, 1.54) is 38.5 Å². The highest BCUT2D eigenvalue weighted by molar-refractivity contribution is 5.91. The fourth-order valence-electron chi connectivity index (χ4n) is 7.19. The summed E-state index contributed by atoms with van der Waals surface area (Å²) >= 11 is 0. The highest BCUT2D eigenvalue weighted by atomic mass is 16.4. The second-order valence-corrected chi connectivity index (χ2v) is 9.13. The summed E-state index contributed by atoms with van der Waals surface area (Å²) in [6.07, 6.45) is 10.5. The molecule has 0 spiro atoms. The summed E-state index contributed by atoms with van der Waals surface area (Å²) in [6, 6.07) is 0. The molecule has 7 atom stereocenters. The molecule has 2 N–H and O–H groups in total. The Morgan fingerprint density at radius 1 is 1.00 bits per heavy atom. The van der Waals surface area contributed by atoms with E-state index in [2.05, 4.69) is 19.0 Å². The van der Waals surface area contributed by atoms with Crippen LogP contribution < -0.4 is 0 Å². The first kappa shape index (κ1) is 15.0. The predicted octanol–water partition coefficient (Wildman–Crippen LogP) is 4.22. The molecule has 4 rings (SSSR count). The Balaban J connectivity index is 1.63. The fourth-order valence-corrected chi connectivity index (χ4v) is 7.19. The van der Waals surface area contributed by atoms with Crippen molar-refractivity contribution < 1.29 is 10.3 Å². The minimum absolute atomic E-state index is 0.0527. The summed E-state index contributed by atoms with van der Waals surface area (Å²) in [6.45, 7) is 4.88. The molecule has 0 amide bonds. The Bertz CT molecular complexity index is 490. The minimum atomic E-state index is -0.0527. The second-order valence-electron chi connectivity index (χ2n) is 9.13. The van der Waals surface area contributed by atoms with Gasteiger partial charge in [-0.25, -0.2) is 0 Å². The van der Waals surface area contributed by atoms with Crippen LogP contribution in [0.25, 0.3) is 0 Å². The topological polar surface area (TPSA) is 52.8 Å². The van der Waals surface area contributed by atoms with Gasteiger partial charge in [-0.1, -0.05) is 19.0 Å². The summed E-state index contributed by atoms with van der Waals surface area (Å²) in [5.41, 5.74) is 1.68. The third-order valence-electron chi connectivity index (χ3n) is 8.50. The molecule has 0 aromatic heterocycles. The zero-order valence-electron chi connectivity index (χ0n) is 14.1. The highest BCUT2D eigenvalue weighted by Crippen LogP contribution is 2.65. The molecule has 0 heterocycles. The molecule has 0 radical (unpaired) electrons. The van der Waals surface area contributed by atoms with Gasteiger partial charge in [0, 0.05) is 5.41 Å². The van der Waals surface area contributed by atoms with Crippen molar-refractivity contribution in [3.8, 4) is 0 Å². The number of hydrogen-bond donors (Lipinski definition) is 2. The van der Waals surface area contributed by atoms with Crippen molar-refractivity contribution >= 4 is 5.71 Å². The molecule has 124 valence electrons. The summed E-state index contributed by atoms with van der Waals surface area (Å²) in [4.78, 5) is 0. The lowest BCUT2D eigenvalue weighted by Crippen LogP contribution is -2.54. The first-order valence-corrected chi connectivity index (χ1v) is 9.38. The molecule has 0 bridgehead atoms. The summed E-state index contributed by atoms with van der Waals surface area (Å²) in [7, 11) is 0. The molecule has 0 aromatic carbocycles. The third kappa shape index (κ3) is 1.87. The van der Waals surface area contributed by atoms with Gasteiger partial charge in [0.15, 0.2) is 0 Å². The average molecular weight is 305 g/mol. The minimum Gasteiger partial charge on any atom is -0.411 e. The zero-order chi connectivity index (χ0) is 15.5.